The Bertz CT molecular complexity index is 608. The van der Waals surface area contributed by atoms with Crippen molar-refractivity contribution in [1.82, 2.24) is 15.0 Å². The van der Waals surface area contributed by atoms with Crippen molar-refractivity contribution >= 4 is 23.2 Å². The molecule has 100 valence electrons. The van der Waals surface area contributed by atoms with E-state index in [9.17, 15) is 4.39 Å². The van der Waals surface area contributed by atoms with Gasteiger partial charge in [0.2, 0.25) is 5.28 Å². The SMILES string of the molecule is CC(C)Oc1nc(Cl)nc(-c2cc(F)ccc2Cl)n1. The van der Waals surface area contributed by atoms with Gasteiger partial charge in [-0.25, -0.2) is 4.39 Å². The molecule has 0 saturated carbocycles. The molecule has 1 heterocycles. The largest absolute Gasteiger partial charge is 0.461 e. The first-order valence-electron chi connectivity index (χ1n) is 5.49. The quantitative estimate of drug-likeness (QED) is 0.866. The van der Waals surface area contributed by atoms with E-state index in [2.05, 4.69) is 15.0 Å². The molecule has 2 aromatic rings. The van der Waals surface area contributed by atoms with Crippen molar-refractivity contribution in [3.63, 3.8) is 0 Å². The van der Waals surface area contributed by atoms with E-state index in [-0.39, 0.29) is 23.2 Å². The van der Waals surface area contributed by atoms with Crippen molar-refractivity contribution < 1.29 is 9.13 Å². The van der Waals surface area contributed by atoms with Crippen LogP contribution in [-0.4, -0.2) is 21.1 Å². The highest BCUT2D eigenvalue weighted by atomic mass is 35.5. The molecular weight excluding hydrogens is 292 g/mol. The third kappa shape index (κ3) is 3.52. The molecule has 1 aromatic carbocycles. The van der Waals surface area contributed by atoms with Gasteiger partial charge in [0.15, 0.2) is 5.82 Å². The maximum atomic E-state index is 13.2. The van der Waals surface area contributed by atoms with Crippen LogP contribution in [0, 0.1) is 5.82 Å². The Kier molecular flexibility index (Phi) is 4.17. The van der Waals surface area contributed by atoms with Crippen LogP contribution in [0.15, 0.2) is 18.2 Å². The minimum absolute atomic E-state index is 0.0408. The fraction of sp³-hybridized carbons (Fsp3) is 0.250. The summed E-state index contributed by atoms with van der Waals surface area (Å²) >= 11 is 11.8. The van der Waals surface area contributed by atoms with Crippen LogP contribution in [0.4, 0.5) is 4.39 Å². The molecule has 0 atom stereocenters. The summed E-state index contributed by atoms with van der Waals surface area (Å²) in [4.78, 5) is 11.8. The summed E-state index contributed by atoms with van der Waals surface area (Å²) in [6.45, 7) is 3.65. The van der Waals surface area contributed by atoms with Gasteiger partial charge in [-0.3, -0.25) is 0 Å². The molecule has 0 amide bonds. The molecule has 0 aliphatic heterocycles. The van der Waals surface area contributed by atoms with Crippen molar-refractivity contribution in [1.29, 1.82) is 0 Å². The summed E-state index contributed by atoms with van der Waals surface area (Å²) in [7, 11) is 0. The van der Waals surface area contributed by atoms with Crippen molar-refractivity contribution in [2.75, 3.05) is 0 Å². The predicted molar refractivity (Wildman–Crippen MR) is 71.0 cm³/mol. The summed E-state index contributed by atoms with van der Waals surface area (Å²) in [5.74, 6) is -0.276. The lowest BCUT2D eigenvalue weighted by atomic mass is 10.2. The molecule has 1 aromatic heterocycles. The van der Waals surface area contributed by atoms with Crippen LogP contribution in [0.1, 0.15) is 13.8 Å². The molecule has 0 saturated heterocycles. The van der Waals surface area contributed by atoms with E-state index in [0.29, 0.717) is 10.6 Å². The fourth-order valence-electron chi connectivity index (χ4n) is 1.38. The summed E-state index contributed by atoms with van der Waals surface area (Å²) in [6, 6.07) is 3.98. The Balaban J connectivity index is 2.49. The van der Waals surface area contributed by atoms with Crippen LogP contribution in [0.25, 0.3) is 11.4 Å². The smallest absolute Gasteiger partial charge is 0.321 e. The van der Waals surface area contributed by atoms with Crippen LogP contribution in [0.5, 0.6) is 6.01 Å². The average molecular weight is 302 g/mol. The molecule has 2 rings (SSSR count). The second-order valence-electron chi connectivity index (χ2n) is 4.00. The minimum atomic E-state index is -0.442. The molecule has 4 nitrogen and oxygen atoms in total. The number of hydrogen-bond donors (Lipinski definition) is 0. The van der Waals surface area contributed by atoms with E-state index < -0.39 is 5.82 Å². The van der Waals surface area contributed by atoms with Gasteiger partial charge in [-0.2, -0.15) is 15.0 Å². The topological polar surface area (TPSA) is 47.9 Å². The summed E-state index contributed by atoms with van der Waals surface area (Å²) in [6.07, 6.45) is -0.116. The van der Waals surface area contributed by atoms with E-state index in [0.717, 1.165) is 0 Å². The number of rotatable bonds is 3. The van der Waals surface area contributed by atoms with Crippen LogP contribution >= 0.6 is 23.2 Å². The first-order valence-corrected chi connectivity index (χ1v) is 6.25. The maximum absolute atomic E-state index is 13.2. The molecule has 0 N–H and O–H groups in total. The van der Waals surface area contributed by atoms with E-state index >= 15 is 0 Å². The predicted octanol–water partition coefficient (Wildman–Crippen LogP) is 3.77. The summed E-state index contributed by atoms with van der Waals surface area (Å²) in [5.41, 5.74) is 0.333. The van der Waals surface area contributed by atoms with Gasteiger partial charge in [0.05, 0.1) is 11.1 Å². The van der Waals surface area contributed by atoms with Gasteiger partial charge < -0.3 is 4.74 Å². The monoisotopic (exact) mass is 301 g/mol. The van der Waals surface area contributed by atoms with Gasteiger partial charge in [0.1, 0.15) is 5.82 Å². The van der Waals surface area contributed by atoms with Crippen molar-refractivity contribution in [3.05, 3.63) is 34.3 Å². The highest BCUT2D eigenvalue weighted by molar-refractivity contribution is 6.33. The first kappa shape index (κ1) is 14.0. The third-order valence-electron chi connectivity index (χ3n) is 2.10. The minimum Gasteiger partial charge on any atom is -0.461 e. The number of benzene rings is 1. The molecule has 0 fully saturated rings. The highest BCUT2D eigenvalue weighted by Crippen LogP contribution is 2.27. The van der Waals surface area contributed by atoms with Crippen molar-refractivity contribution in [2.24, 2.45) is 0 Å². The number of ether oxygens (including phenoxy) is 1. The van der Waals surface area contributed by atoms with Gasteiger partial charge in [-0.05, 0) is 43.6 Å². The zero-order valence-electron chi connectivity index (χ0n) is 10.2. The lowest BCUT2D eigenvalue weighted by Gasteiger charge is -2.09. The third-order valence-corrected chi connectivity index (χ3v) is 2.60. The van der Waals surface area contributed by atoms with Gasteiger partial charge in [-0.1, -0.05) is 11.6 Å². The Hall–Kier alpha value is -1.46. The number of nitrogens with zero attached hydrogens (tertiary/aromatic N) is 3. The molecule has 0 aliphatic rings. The van der Waals surface area contributed by atoms with Gasteiger partial charge in [0.25, 0.3) is 0 Å². The second-order valence-corrected chi connectivity index (χ2v) is 4.75. The Morgan fingerprint density at radius 3 is 2.58 bits per heavy atom. The first-order chi connectivity index (χ1) is 8.95. The molecule has 0 radical (unpaired) electrons. The lowest BCUT2D eigenvalue weighted by Crippen LogP contribution is -2.09. The zero-order valence-corrected chi connectivity index (χ0v) is 11.7. The fourth-order valence-corrected chi connectivity index (χ4v) is 1.74. The summed E-state index contributed by atoms with van der Waals surface area (Å²) in [5, 5.41) is 0.278. The molecule has 0 unspecified atom stereocenters. The zero-order chi connectivity index (χ0) is 14.0. The normalized spacial score (nSPS) is 10.8. The molecule has 19 heavy (non-hydrogen) atoms. The molecule has 0 aliphatic carbocycles. The Morgan fingerprint density at radius 2 is 1.89 bits per heavy atom. The van der Waals surface area contributed by atoms with Crippen molar-refractivity contribution in [2.45, 2.75) is 20.0 Å². The van der Waals surface area contributed by atoms with E-state index in [1.807, 2.05) is 13.8 Å². The van der Waals surface area contributed by atoms with Crippen LogP contribution < -0.4 is 4.74 Å². The average Bonchev–Trinajstić information content (AvgIpc) is 2.30. The highest BCUT2D eigenvalue weighted by Gasteiger charge is 2.13. The number of hydrogen-bond acceptors (Lipinski definition) is 4. The summed E-state index contributed by atoms with van der Waals surface area (Å²) < 4.78 is 18.6. The van der Waals surface area contributed by atoms with E-state index in [1.165, 1.54) is 18.2 Å². The number of halogens is 3. The molecule has 0 spiro atoms. The Morgan fingerprint density at radius 1 is 1.16 bits per heavy atom. The van der Waals surface area contributed by atoms with Gasteiger partial charge >= 0.3 is 6.01 Å². The van der Waals surface area contributed by atoms with Crippen LogP contribution in [0.3, 0.4) is 0 Å². The van der Waals surface area contributed by atoms with Crippen LogP contribution in [-0.2, 0) is 0 Å². The standard InChI is InChI=1S/C12H10Cl2FN3O/c1-6(2)19-12-17-10(16-11(14)18-12)8-5-7(15)3-4-9(8)13/h3-6H,1-2H3. The van der Waals surface area contributed by atoms with E-state index in [4.69, 9.17) is 27.9 Å². The number of aromatic nitrogens is 3. The van der Waals surface area contributed by atoms with Crippen molar-refractivity contribution in [3.8, 4) is 17.4 Å². The van der Waals surface area contributed by atoms with Gasteiger partial charge in [0, 0.05) is 5.56 Å². The molecule has 7 heteroatoms. The second kappa shape index (κ2) is 5.67. The Labute approximate surface area is 119 Å². The van der Waals surface area contributed by atoms with E-state index in [1.54, 1.807) is 0 Å². The lowest BCUT2D eigenvalue weighted by molar-refractivity contribution is 0.222. The molecular formula is C12H10Cl2FN3O. The van der Waals surface area contributed by atoms with Crippen LogP contribution in [0.2, 0.25) is 10.3 Å². The maximum Gasteiger partial charge on any atom is 0.321 e. The molecule has 0 bridgehead atoms. The van der Waals surface area contributed by atoms with Gasteiger partial charge in [-0.15, -0.1) is 0 Å².